The molecule has 0 radical (unpaired) electrons. The molecular weight excluding hydrogens is 280 g/mol. The predicted octanol–water partition coefficient (Wildman–Crippen LogP) is 3.43. The summed E-state index contributed by atoms with van der Waals surface area (Å²) in [5, 5.41) is 8.23. The Hall–Kier alpha value is -0.420. The van der Waals surface area contributed by atoms with Crippen LogP contribution in [-0.4, -0.2) is 43.3 Å². The number of hydrogen-bond donors (Lipinski definition) is 1. The lowest BCUT2D eigenvalue weighted by Gasteiger charge is -2.48. The van der Waals surface area contributed by atoms with Gasteiger partial charge in [-0.1, -0.05) is 6.42 Å². The molecule has 0 spiro atoms. The Morgan fingerprint density at radius 3 is 2.71 bits per heavy atom. The van der Waals surface area contributed by atoms with Gasteiger partial charge in [0.15, 0.2) is 0 Å². The summed E-state index contributed by atoms with van der Waals surface area (Å²) < 4.78 is 5.64. The Morgan fingerprint density at radius 2 is 2.05 bits per heavy atom. The zero-order valence-corrected chi connectivity index (χ0v) is 14.0. The maximum absolute atomic E-state index is 5.64. The second-order valence-corrected chi connectivity index (χ2v) is 7.32. The normalized spacial score (nSPS) is 24.8. The maximum Gasteiger partial charge on any atom is 0.0484 e. The van der Waals surface area contributed by atoms with Crippen LogP contribution in [0.5, 0.6) is 0 Å². The van der Waals surface area contributed by atoms with Gasteiger partial charge in [-0.25, -0.2) is 0 Å². The van der Waals surface area contributed by atoms with Gasteiger partial charge in [0.1, 0.15) is 0 Å². The van der Waals surface area contributed by atoms with E-state index < -0.39 is 0 Å². The highest BCUT2D eigenvalue weighted by atomic mass is 32.1. The van der Waals surface area contributed by atoms with Crippen molar-refractivity contribution in [3.8, 4) is 0 Å². The van der Waals surface area contributed by atoms with Crippen LogP contribution in [0, 0.1) is 0 Å². The summed E-state index contributed by atoms with van der Waals surface area (Å²) in [5.41, 5.74) is 1.74. The molecule has 2 saturated heterocycles. The van der Waals surface area contributed by atoms with Gasteiger partial charge in [0.25, 0.3) is 0 Å². The van der Waals surface area contributed by atoms with Crippen LogP contribution >= 0.6 is 11.3 Å². The Morgan fingerprint density at radius 1 is 1.29 bits per heavy atom. The number of piperidine rings is 1. The number of nitrogens with zero attached hydrogens (tertiary/aromatic N) is 1. The molecule has 21 heavy (non-hydrogen) atoms. The predicted molar refractivity (Wildman–Crippen MR) is 88.9 cm³/mol. The standard InChI is InChI=1S/C17H28N2OS/c1-15(16-5-12-21-13-16)18-14-17(6-10-20-11-7-17)19-8-3-2-4-9-19/h5,12-13,15,18H,2-4,6-11,14H2,1H3. The topological polar surface area (TPSA) is 24.5 Å². The highest BCUT2D eigenvalue weighted by Crippen LogP contribution is 2.31. The van der Waals surface area contributed by atoms with Gasteiger partial charge in [0.2, 0.25) is 0 Å². The molecule has 0 aliphatic carbocycles. The van der Waals surface area contributed by atoms with Crippen molar-refractivity contribution >= 4 is 11.3 Å². The molecule has 0 saturated carbocycles. The lowest BCUT2D eigenvalue weighted by atomic mass is 9.85. The molecule has 2 aliphatic heterocycles. The third kappa shape index (κ3) is 3.67. The van der Waals surface area contributed by atoms with Gasteiger partial charge in [0, 0.05) is 31.3 Å². The van der Waals surface area contributed by atoms with E-state index >= 15 is 0 Å². The van der Waals surface area contributed by atoms with Crippen LogP contribution in [0.1, 0.15) is 50.6 Å². The Kier molecular flexibility index (Phi) is 5.33. The Balaban J connectivity index is 1.64. The molecule has 0 bridgehead atoms. The average molecular weight is 308 g/mol. The Labute approximate surface area is 132 Å². The molecule has 3 nitrogen and oxygen atoms in total. The fourth-order valence-electron chi connectivity index (χ4n) is 3.71. The molecule has 0 amide bonds. The molecule has 1 aromatic heterocycles. The molecular formula is C17H28N2OS. The zero-order valence-electron chi connectivity index (χ0n) is 13.1. The first kappa shape index (κ1) is 15.5. The van der Waals surface area contributed by atoms with Gasteiger partial charge in [-0.05, 0) is 68.1 Å². The third-order valence-corrected chi connectivity index (χ3v) is 5.93. The summed E-state index contributed by atoms with van der Waals surface area (Å²) in [6.07, 6.45) is 6.49. The van der Waals surface area contributed by atoms with Gasteiger partial charge >= 0.3 is 0 Å². The van der Waals surface area contributed by atoms with E-state index in [9.17, 15) is 0 Å². The lowest BCUT2D eigenvalue weighted by Crippen LogP contribution is -2.59. The van der Waals surface area contributed by atoms with E-state index in [2.05, 4.69) is 34.0 Å². The van der Waals surface area contributed by atoms with Gasteiger partial charge < -0.3 is 10.1 Å². The summed E-state index contributed by atoms with van der Waals surface area (Å²) in [6.45, 7) is 7.76. The number of thiophene rings is 1. The first-order valence-electron chi connectivity index (χ1n) is 8.38. The zero-order chi connectivity index (χ0) is 14.5. The fourth-order valence-corrected chi connectivity index (χ4v) is 4.46. The van der Waals surface area contributed by atoms with E-state index in [1.807, 2.05) is 0 Å². The monoisotopic (exact) mass is 308 g/mol. The van der Waals surface area contributed by atoms with Gasteiger partial charge in [-0.2, -0.15) is 11.3 Å². The van der Waals surface area contributed by atoms with Crippen molar-refractivity contribution < 1.29 is 4.74 Å². The van der Waals surface area contributed by atoms with E-state index in [1.54, 1.807) is 11.3 Å². The summed E-state index contributed by atoms with van der Waals surface area (Å²) in [5.74, 6) is 0. The molecule has 0 aromatic carbocycles. The molecule has 1 atom stereocenters. The van der Waals surface area contributed by atoms with E-state index in [1.165, 1.54) is 50.8 Å². The summed E-state index contributed by atoms with van der Waals surface area (Å²) in [7, 11) is 0. The van der Waals surface area contributed by atoms with E-state index in [0.717, 1.165) is 19.8 Å². The van der Waals surface area contributed by atoms with E-state index in [-0.39, 0.29) is 0 Å². The van der Waals surface area contributed by atoms with Crippen LogP contribution in [0.25, 0.3) is 0 Å². The number of nitrogens with one attached hydrogen (secondary N) is 1. The van der Waals surface area contributed by atoms with Gasteiger partial charge in [-0.15, -0.1) is 0 Å². The summed E-state index contributed by atoms with van der Waals surface area (Å²) >= 11 is 1.79. The second-order valence-electron chi connectivity index (χ2n) is 6.54. The first-order valence-corrected chi connectivity index (χ1v) is 9.33. The number of likely N-dealkylation sites (tertiary alicyclic amines) is 1. The van der Waals surface area contributed by atoms with Crippen LogP contribution in [0.4, 0.5) is 0 Å². The fraction of sp³-hybridized carbons (Fsp3) is 0.765. The van der Waals surface area contributed by atoms with Gasteiger partial charge in [-0.3, -0.25) is 4.90 Å². The van der Waals surface area contributed by atoms with Crippen molar-refractivity contribution in [3.63, 3.8) is 0 Å². The third-order valence-electron chi connectivity index (χ3n) is 5.23. The van der Waals surface area contributed by atoms with Crippen molar-refractivity contribution in [2.24, 2.45) is 0 Å². The molecule has 1 N–H and O–H groups in total. The number of hydrogen-bond acceptors (Lipinski definition) is 4. The van der Waals surface area contributed by atoms with Crippen molar-refractivity contribution in [2.75, 3.05) is 32.8 Å². The molecule has 3 rings (SSSR count). The van der Waals surface area contributed by atoms with Crippen molar-refractivity contribution in [3.05, 3.63) is 22.4 Å². The van der Waals surface area contributed by atoms with Crippen LogP contribution < -0.4 is 5.32 Å². The lowest BCUT2D eigenvalue weighted by molar-refractivity contribution is -0.0366. The van der Waals surface area contributed by atoms with Crippen molar-refractivity contribution in [1.29, 1.82) is 0 Å². The minimum atomic E-state index is 0.322. The molecule has 1 aromatic rings. The molecule has 2 fully saturated rings. The van der Waals surface area contributed by atoms with Crippen LogP contribution in [0.2, 0.25) is 0 Å². The van der Waals surface area contributed by atoms with Crippen LogP contribution in [0.3, 0.4) is 0 Å². The summed E-state index contributed by atoms with van der Waals surface area (Å²) in [6, 6.07) is 2.68. The highest BCUT2D eigenvalue weighted by Gasteiger charge is 2.38. The minimum absolute atomic E-state index is 0.322. The average Bonchev–Trinajstić information content (AvgIpc) is 3.09. The van der Waals surface area contributed by atoms with E-state index in [4.69, 9.17) is 4.74 Å². The highest BCUT2D eigenvalue weighted by molar-refractivity contribution is 7.07. The quantitative estimate of drug-likeness (QED) is 0.902. The van der Waals surface area contributed by atoms with Crippen molar-refractivity contribution in [2.45, 2.75) is 50.6 Å². The smallest absolute Gasteiger partial charge is 0.0484 e. The number of ether oxygens (including phenoxy) is 1. The molecule has 1 unspecified atom stereocenters. The molecule has 2 aliphatic rings. The molecule has 118 valence electrons. The second kappa shape index (κ2) is 7.23. The largest absolute Gasteiger partial charge is 0.381 e. The number of rotatable bonds is 5. The van der Waals surface area contributed by atoms with E-state index in [0.29, 0.717) is 11.6 Å². The SMILES string of the molecule is CC(NCC1(N2CCCCC2)CCOCC1)c1ccsc1. The molecule has 4 heteroatoms. The molecule has 3 heterocycles. The van der Waals surface area contributed by atoms with Crippen LogP contribution in [0.15, 0.2) is 16.8 Å². The summed E-state index contributed by atoms with van der Waals surface area (Å²) in [4.78, 5) is 2.76. The van der Waals surface area contributed by atoms with Crippen LogP contribution in [-0.2, 0) is 4.74 Å². The maximum atomic E-state index is 5.64. The first-order chi connectivity index (χ1) is 10.3. The Bertz CT molecular complexity index is 408. The van der Waals surface area contributed by atoms with Crippen molar-refractivity contribution in [1.82, 2.24) is 10.2 Å². The minimum Gasteiger partial charge on any atom is -0.381 e. The van der Waals surface area contributed by atoms with Gasteiger partial charge in [0.05, 0.1) is 0 Å².